The number of rotatable bonds is 2. The maximum absolute atomic E-state index is 11.7. The van der Waals surface area contributed by atoms with Gasteiger partial charge in [0.25, 0.3) is 5.91 Å². The van der Waals surface area contributed by atoms with E-state index in [4.69, 9.17) is 23.4 Å². The van der Waals surface area contributed by atoms with Crippen molar-refractivity contribution in [1.82, 2.24) is 9.95 Å². The fourth-order valence-corrected chi connectivity index (χ4v) is 1.13. The second kappa shape index (κ2) is 5.04. The highest BCUT2D eigenvalue weighted by atomic mass is 35.5. The first kappa shape index (κ1) is 13.3. The van der Waals surface area contributed by atoms with E-state index in [9.17, 15) is 4.79 Å². The third-order valence-corrected chi connectivity index (χ3v) is 2.74. The Bertz CT molecular complexity index is 371. The Balaban J connectivity index is 2.70. The Morgan fingerprint density at radius 3 is 2.19 bits per heavy atom. The highest BCUT2D eigenvalue weighted by Crippen LogP contribution is 2.14. The van der Waals surface area contributed by atoms with Crippen molar-refractivity contribution in [2.45, 2.75) is 26.3 Å². The monoisotopic (exact) mass is 260 g/mol. The predicted octanol–water partition coefficient (Wildman–Crippen LogP) is 3.24. The molecule has 5 heteroatoms. The van der Waals surface area contributed by atoms with Crippen molar-refractivity contribution < 1.29 is 4.79 Å². The van der Waals surface area contributed by atoms with Gasteiger partial charge >= 0.3 is 0 Å². The van der Waals surface area contributed by atoms with E-state index in [0.717, 1.165) is 0 Å². The molecule has 0 spiro atoms. The van der Waals surface area contributed by atoms with Crippen LogP contribution in [0.4, 0.5) is 0 Å². The molecule has 0 aliphatic rings. The lowest BCUT2D eigenvalue weighted by atomic mass is 10.1. The molecule has 1 aromatic carbocycles. The molecule has 1 rings (SSSR count). The van der Waals surface area contributed by atoms with Gasteiger partial charge in [0, 0.05) is 27.9 Å². The van der Waals surface area contributed by atoms with Gasteiger partial charge in [-0.1, -0.05) is 11.6 Å². The number of nitrogens with one attached hydrogen (secondary N) is 1. The average molecular weight is 261 g/mol. The number of amides is 1. The van der Waals surface area contributed by atoms with Crippen LogP contribution in [0.15, 0.2) is 24.3 Å². The van der Waals surface area contributed by atoms with Crippen molar-refractivity contribution in [2.24, 2.45) is 0 Å². The maximum atomic E-state index is 11.7. The summed E-state index contributed by atoms with van der Waals surface area (Å²) in [5.41, 5.74) is 2.74. The highest BCUT2D eigenvalue weighted by molar-refractivity contribution is 6.30. The first-order valence-electron chi connectivity index (χ1n) is 4.83. The molecule has 0 aliphatic heterocycles. The van der Waals surface area contributed by atoms with Crippen LogP contribution in [0.3, 0.4) is 0 Å². The van der Waals surface area contributed by atoms with Crippen molar-refractivity contribution in [2.75, 3.05) is 0 Å². The smallest absolute Gasteiger partial charge is 0.266 e. The van der Waals surface area contributed by atoms with E-state index in [0.29, 0.717) is 10.6 Å². The SMILES string of the molecule is CC(C)(C)N(Cl)NC(=O)c1ccc(Cl)cc1. The lowest BCUT2D eigenvalue weighted by Gasteiger charge is -2.28. The van der Waals surface area contributed by atoms with Crippen LogP contribution in [0.2, 0.25) is 5.02 Å². The van der Waals surface area contributed by atoms with Gasteiger partial charge in [-0.2, -0.15) is 0 Å². The molecule has 0 aromatic heterocycles. The molecule has 88 valence electrons. The van der Waals surface area contributed by atoms with Gasteiger partial charge in [0.1, 0.15) is 0 Å². The first-order chi connectivity index (χ1) is 7.30. The molecule has 0 aliphatic carbocycles. The molecule has 0 unspecified atom stereocenters. The number of halogens is 2. The summed E-state index contributed by atoms with van der Waals surface area (Å²) in [7, 11) is 0. The number of hydrazine groups is 1. The molecule has 3 nitrogen and oxygen atoms in total. The van der Waals surface area contributed by atoms with Crippen LogP contribution in [-0.2, 0) is 0 Å². The van der Waals surface area contributed by atoms with E-state index >= 15 is 0 Å². The van der Waals surface area contributed by atoms with Crippen LogP contribution in [0, 0.1) is 0 Å². The third-order valence-electron chi connectivity index (χ3n) is 1.90. The van der Waals surface area contributed by atoms with E-state index in [2.05, 4.69) is 5.43 Å². The van der Waals surface area contributed by atoms with Gasteiger partial charge in [0.15, 0.2) is 0 Å². The lowest BCUT2D eigenvalue weighted by Crippen LogP contribution is -2.46. The van der Waals surface area contributed by atoms with E-state index in [-0.39, 0.29) is 11.4 Å². The zero-order valence-electron chi connectivity index (χ0n) is 9.42. The fourth-order valence-electron chi connectivity index (χ4n) is 0.923. The number of benzene rings is 1. The molecule has 16 heavy (non-hydrogen) atoms. The van der Waals surface area contributed by atoms with Crippen LogP contribution in [0.1, 0.15) is 31.1 Å². The van der Waals surface area contributed by atoms with Gasteiger partial charge in [-0.05, 0) is 45.0 Å². The largest absolute Gasteiger partial charge is 0.270 e. The number of carbonyl (C=O) groups is 1. The fraction of sp³-hybridized carbons (Fsp3) is 0.364. The molecule has 0 bridgehead atoms. The summed E-state index contributed by atoms with van der Waals surface area (Å²) in [5, 5.41) is 0.593. The highest BCUT2D eigenvalue weighted by Gasteiger charge is 2.21. The van der Waals surface area contributed by atoms with Gasteiger partial charge in [0.05, 0.1) is 0 Å². The van der Waals surface area contributed by atoms with E-state index < -0.39 is 0 Å². The lowest BCUT2D eigenvalue weighted by molar-refractivity contribution is 0.0806. The molecule has 1 amide bonds. The quantitative estimate of drug-likeness (QED) is 0.654. The van der Waals surface area contributed by atoms with Gasteiger partial charge in [-0.25, -0.2) is 0 Å². The summed E-state index contributed by atoms with van der Waals surface area (Å²) >= 11 is 11.6. The second-order valence-corrected chi connectivity index (χ2v) is 5.17. The van der Waals surface area contributed by atoms with E-state index in [1.54, 1.807) is 24.3 Å². The van der Waals surface area contributed by atoms with Crippen molar-refractivity contribution in [1.29, 1.82) is 0 Å². The van der Waals surface area contributed by atoms with Crippen LogP contribution in [-0.4, -0.2) is 16.0 Å². The first-order valence-corrected chi connectivity index (χ1v) is 5.55. The average Bonchev–Trinajstić information content (AvgIpc) is 2.17. The summed E-state index contributed by atoms with van der Waals surface area (Å²) in [6.07, 6.45) is 0. The molecule has 0 radical (unpaired) electrons. The summed E-state index contributed by atoms with van der Waals surface area (Å²) in [5.74, 6) is -0.262. The van der Waals surface area contributed by atoms with Gasteiger partial charge in [-0.15, -0.1) is 4.53 Å². The molecular formula is C11H14Cl2N2O. The predicted molar refractivity (Wildman–Crippen MR) is 66.4 cm³/mol. The van der Waals surface area contributed by atoms with Crippen molar-refractivity contribution in [3.05, 3.63) is 34.9 Å². The molecule has 0 saturated heterocycles. The molecule has 0 saturated carbocycles. The summed E-state index contributed by atoms with van der Waals surface area (Å²) in [4.78, 5) is 11.7. The van der Waals surface area contributed by atoms with Crippen molar-refractivity contribution >= 4 is 29.3 Å². The Hall–Kier alpha value is -0.770. The number of carbonyl (C=O) groups excluding carboxylic acids is 1. The minimum atomic E-state index is -0.344. The van der Waals surface area contributed by atoms with Gasteiger partial charge in [-0.3, -0.25) is 10.2 Å². The topological polar surface area (TPSA) is 32.3 Å². The van der Waals surface area contributed by atoms with E-state index in [1.165, 1.54) is 4.53 Å². The van der Waals surface area contributed by atoms with Gasteiger partial charge in [0.2, 0.25) is 0 Å². The summed E-state index contributed by atoms with van der Waals surface area (Å²) < 4.78 is 1.25. The Morgan fingerprint density at radius 2 is 1.75 bits per heavy atom. The summed E-state index contributed by atoms with van der Waals surface area (Å²) in [6.45, 7) is 5.67. The molecular weight excluding hydrogens is 247 g/mol. The molecule has 1 aromatic rings. The van der Waals surface area contributed by atoms with Crippen LogP contribution >= 0.6 is 23.4 Å². The Labute approximate surface area is 105 Å². The number of nitrogens with zero attached hydrogens (tertiary/aromatic N) is 1. The Morgan fingerprint density at radius 1 is 1.25 bits per heavy atom. The standard InChI is InChI=1S/C11H14Cl2N2O/c1-11(2,3)15(13)14-10(16)8-4-6-9(12)7-5-8/h4-7H,1-3H3,(H,14,16). The minimum Gasteiger partial charge on any atom is -0.270 e. The van der Waals surface area contributed by atoms with Crippen LogP contribution in [0.25, 0.3) is 0 Å². The number of hydrogen-bond donors (Lipinski definition) is 1. The molecule has 0 fully saturated rings. The van der Waals surface area contributed by atoms with Crippen molar-refractivity contribution in [3.63, 3.8) is 0 Å². The summed E-state index contributed by atoms with van der Waals surface area (Å²) in [6, 6.07) is 6.61. The second-order valence-electron chi connectivity index (χ2n) is 4.40. The van der Waals surface area contributed by atoms with Crippen LogP contribution in [0.5, 0.6) is 0 Å². The molecule has 1 N–H and O–H groups in total. The van der Waals surface area contributed by atoms with E-state index in [1.807, 2.05) is 20.8 Å². The zero-order chi connectivity index (χ0) is 12.3. The Kier molecular flexibility index (Phi) is 4.19. The maximum Gasteiger partial charge on any atom is 0.266 e. The molecule has 0 atom stereocenters. The third kappa shape index (κ3) is 3.67. The number of hydrogen-bond acceptors (Lipinski definition) is 2. The normalized spacial score (nSPS) is 11.6. The zero-order valence-corrected chi connectivity index (χ0v) is 10.9. The van der Waals surface area contributed by atoms with Crippen LogP contribution < -0.4 is 5.43 Å². The molecule has 0 heterocycles. The minimum absolute atomic E-state index is 0.262. The van der Waals surface area contributed by atoms with Gasteiger partial charge < -0.3 is 0 Å². The van der Waals surface area contributed by atoms with Crippen molar-refractivity contribution in [3.8, 4) is 0 Å².